The van der Waals surface area contributed by atoms with Gasteiger partial charge in [0.25, 0.3) is 0 Å². The second kappa shape index (κ2) is 5.71. The van der Waals surface area contributed by atoms with Gasteiger partial charge in [0.1, 0.15) is 17.6 Å². The lowest BCUT2D eigenvalue weighted by Gasteiger charge is -2.08. The standard InChI is InChI=1S/C11H15ClN2O/c1-4-6-7-15-11-8(3)10(12)13-9(5-2)14-11/h4,6H,5,7H2,1-3H3/b6-4+. The van der Waals surface area contributed by atoms with Crippen molar-refractivity contribution in [3.63, 3.8) is 0 Å². The van der Waals surface area contributed by atoms with E-state index in [2.05, 4.69) is 9.97 Å². The lowest BCUT2D eigenvalue weighted by Crippen LogP contribution is -2.03. The fraction of sp³-hybridized carbons (Fsp3) is 0.455. The lowest BCUT2D eigenvalue weighted by atomic mass is 10.3. The highest BCUT2D eigenvalue weighted by Gasteiger charge is 2.08. The maximum Gasteiger partial charge on any atom is 0.221 e. The predicted octanol–water partition coefficient (Wildman–Crippen LogP) is 2.96. The molecule has 0 saturated heterocycles. The number of ether oxygens (including phenoxy) is 1. The fourth-order valence-electron chi connectivity index (χ4n) is 1.03. The molecule has 0 aliphatic heterocycles. The third-order valence-electron chi connectivity index (χ3n) is 1.96. The number of allylic oxidation sites excluding steroid dienone is 1. The molecule has 1 rings (SSSR count). The van der Waals surface area contributed by atoms with Gasteiger partial charge in [0, 0.05) is 12.0 Å². The van der Waals surface area contributed by atoms with Gasteiger partial charge in [0.2, 0.25) is 5.88 Å². The first-order chi connectivity index (χ1) is 7.19. The van der Waals surface area contributed by atoms with Gasteiger partial charge in [-0.05, 0) is 13.8 Å². The van der Waals surface area contributed by atoms with Crippen LogP contribution in [0.4, 0.5) is 0 Å². The summed E-state index contributed by atoms with van der Waals surface area (Å²) in [6.45, 7) is 6.29. The summed E-state index contributed by atoms with van der Waals surface area (Å²) in [4.78, 5) is 8.41. The second-order valence-corrected chi connectivity index (χ2v) is 3.45. The Hall–Kier alpha value is -1.09. The van der Waals surface area contributed by atoms with Crippen LogP contribution in [0.25, 0.3) is 0 Å². The van der Waals surface area contributed by atoms with Gasteiger partial charge in [-0.25, -0.2) is 4.98 Å². The Bertz CT molecular complexity index is 364. The molecule has 0 aliphatic carbocycles. The highest BCUT2D eigenvalue weighted by molar-refractivity contribution is 6.30. The van der Waals surface area contributed by atoms with Crippen molar-refractivity contribution < 1.29 is 4.74 Å². The number of rotatable bonds is 4. The van der Waals surface area contributed by atoms with Gasteiger partial charge >= 0.3 is 0 Å². The third kappa shape index (κ3) is 3.20. The van der Waals surface area contributed by atoms with E-state index in [0.29, 0.717) is 23.5 Å². The second-order valence-electron chi connectivity index (χ2n) is 3.09. The van der Waals surface area contributed by atoms with Crippen LogP contribution in [0.15, 0.2) is 12.2 Å². The highest BCUT2D eigenvalue weighted by atomic mass is 35.5. The molecule has 0 atom stereocenters. The molecule has 0 spiro atoms. The maximum absolute atomic E-state index is 5.96. The van der Waals surface area contributed by atoms with Gasteiger partial charge in [-0.15, -0.1) is 0 Å². The summed E-state index contributed by atoms with van der Waals surface area (Å²) in [5.41, 5.74) is 0.790. The van der Waals surface area contributed by atoms with Crippen molar-refractivity contribution in [1.29, 1.82) is 0 Å². The summed E-state index contributed by atoms with van der Waals surface area (Å²) in [5, 5.41) is 0.470. The van der Waals surface area contributed by atoms with Crippen LogP contribution >= 0.6 is 11.6 Å². The van der Waals surface area contributed by atoms with Crippen molar-refractivity contribution in [3.05, 3.63) is 28.7 Å². The monoisotopic (exact) mass is 226 g/mol. The molecule has 3 nitrogen and oxygen atoms in total. The molecule has 0 fully saturated rings. The number of halogens is 1. The first-order valence-electron chi connectivity index (χ1n) is 4.96. The van der Waals surface area contributed by atoms with E-state index in [1.165, 1.54) is 0 Å². The highest BCUT2D eigenvalue weighted by Crippen LogP contribution is 2.21. The molecule has 0 aliphatic rings. The predicted molar refractivity (Wildman–Crippen MR) is 61.5 cm³/mol. The molecule has 82 valence electrons. The van der Waals surface area contributed by atoms with E-state index < -0.39 is 0 Å². The van der Waals surface area contributed by atoms with Gasteiger partial charge in [-0.1, -0.05) is 30.7 Å². The first-order valence-corrected chi connectivity index (χ1v) is 5.33. The molecule has 4 heteroatoms. The molecular weight excluding hydrogens is 212 g/mol. The van der Waals surface area contributed by atoms with Gasteiger partial charge < -0.3 is 4.74 Å². The Morgan fingerprint density at radius 2 is 2.13 bits per heavy atom. The molecule has 0 aromatic carbocycles. The molecule has 0 bridgehead atoms. The van der Waals surface area contributed by atoms with Crippen molar-refractivity contribution in [2.75, 3.05) is 6.61 Å². The summed E-state index contributed by atoms with van der Waals surface area (Å²) in [6.07, 6.45) is 4.60. The number of nitrogens with zero attached hydrogens (tertiary/aromatic N) is 2. The van der Waals surface area contributed by atoms with E-state index in [4.69, 9.17) is 16.3 Å². The van der Waals surface area contributed by atoms with Crippen molar-refractivity contribution >= 4 is 11.6 Å². The normalized spacial score (nSPS) is 10.9. The molecule has 1 aromatic rings. The topological polar surface area (TPSA) is 35.0 Å². The minimum Gasteiger partial charge on any atom is -0.473 e. The molecule has 15 heavy (non-hydrogen) atoms. The van der Waals surface area contributed by atoms with Crippen molar-refractivity contribution in [3.8, 4) is 5.88 Å². The molecule has 0 saturated carbocycles. The SMILES string of the molecule is C/C=C/COc1nc(CC)nc(Cl)c1C. The van der Waals surface area contributed by atoms with Crippen molar-refractivity contribution in [2.45, 2.75) is 27.2 Å². The van der Waals surface area contributed by atoms with Crippen LogP contribution in [-0.4, -0.2) is 16.6 Å². The van der Waals surface area contributed by atoms with Crippen LogP contribution in [0.5, 0.6) is 5.88 Å². The smallest absolute Gasteiger partial charge is 0.221 e. The summed E-state index contributed by atoms with van der Waals surface area (Å²) < 4.78 is 5.48. The Morgan fingerprint density at radius 1 is 1.40 bits per heavy atom. The summed E-state index contributed by atoms with van der Waals surface area (Å²) >= 11 is 5.96. The molecule has 0 unspecified atom stereocenters. The van der Waals surface area contributed by atoms with Crippen LogP contribution < -0.4 is 4.74 Å². The van der Waals surface area contributed by atoms with Crippen LogP contribution in [-0.2, 0) is 6.42 Å². The van der Waals surface area contributed by atoms with Crippen LogP contribution in [0, 0.1) is 6.92 Å². The summed E-state index contributed by atoms with van der Waals surface area (Å²) in [7, 11) is 0. The van der Waals surface area contributed by atoms with E-state index in [1.54, 1.807) is 0 Å². The van der Waals surface area contributed by atoms with Gasteiger partial charge in [0.05, 0.1) is 0 Å². The van der Waals surface area contributed by atoms with E-state index in [9.17, 15) is 0 Å². The number of aromatic nitrogens is 2. The van der Waals surface area contributed by atoms with Gasteiger partial charge in [-0.3, -0.25) is 0 Å². The lowest BCUT2D eigenvalue weighted by molar-refractivity contribution is 0.343. The number of hydrogen-bond donors (Lipinski definition) is 0. The molecule has 0 amide bonds. The third-order valence-corrected chi connectivity index (χ3v) is 2.32. The Morgan fingerprint density at radius 3 is 2.73 bits per heavy atom. The summed E-state index contributed by atoms with van der Waals surface area (Å²) in [6, 6.07) is 0. The average molecular weight is 227 g/mol. The van der Waals surface area contributed by atoms with Gasteiger partial charge in [-0.2, -0.15) is 4.98 Å². The van der Waals surface area contributed by atoms with Crippen molar-refractivity contribution in [2.24, 2.45) is 0 Å². The van der Waals surface area contributed by atoms with E-state index in [1.807, 2.05) is 32.9 Å². The Balaban J connectivity index is 2.89. The van der Waals surface area contributed by atoms with Crippen LogP contribution in [0.1, 0.15) is 25.2 Å². The van der Waals surface area contributed by atoms with E-state index in [-0.39, 0.29) is 0 Å². The largest absolute Gasteiger partial charge is 0.473 e. The van der Waals surface area contributed by atoms with Gasteiger partial charge in [0.15, 0.2) is 0 Å². The number of aryl methyl sites for hydroxylation is 1. The fourth-order valence-corrected chi connectivity index (χ4v) is 1.21. The number of hydrogen-bond acceptors (Lipinski definition) is 3. The summed E-state index contributed by atoms with van der Waals surface area (Å²) in [5.74, 6) is 1.28. The van der Waals surface area contributed by atoms with E-state index >= 15 is 0 Å². The minimum atomic E-state index is 0.470. The van der Waals surface area contributed by atoms with Crippen molar-refractivity contribution in [1.82, 2.24) is 9.97 Å². The first kappa shape index (κ1) is 12.0. The average Bonchev–Trinajstić information content (AvgIpc) is 2.24. The Kier molecular flexibility index (Phi) is 4.56. The minimum absolute atomic E-state index is 0.470. The Labute approximate surface area is 95.2 Å². The molecular formula is C11H15ClN2O. The molecule has 1 aromatic heterocycles. The molecule has 1 heterocycles. The van der Waals surface area contributed by atoms with Crippen LogP contribution in [0.2, 0.25) is 5.15 Å². The van der Waals surface area contributed by atoms with Crippen LogP contribution in [0.3, 0.4) is 0 Å². The molecule has 0 radical (unpaired) electrons. The quantitative estimate of drug-likeness (QED) is 0.585. The molecule has 0 N–H and O–H groups in total. The zero-order chi connectivity index (χ0) is 11.3. The maximum atomic E-state index is 5.96. The zero-order valence-electron chi connectivity index (χ0n) is 9.25. The zero-order valence-corrected chi connectivity index (χ0v) is 10.0. The van der Waals surface area contributed by atoms with E-state index in [0.717, 1.165) is 12.0 Å².